The fourth-order valence-electron chi connectivity index (χ4n) is 12.5. The molecule has 3 unspecified atom stereocenters. The van der Waals surface area contributed by atoms with Crippen molar-refractivity contribution in [2.45, 2.75) is 49.5 Å². The standard InChI is InChI=1S/C61H47N/c1-2-20-41(21-3-1)59-44-24-7-4-19-40(44)37-38-58(59)62(56-35-17-13-29-49(56)51-39-42-22-5-6-23-43(42)45-25-8-9-26-46(45)51)57-36-18-34-55-60(57)50-30-12-16-33-54(50)61(55)52-31-14-10-27-47(52)48-28-11-15-32-53(48)61/h1-3,5-6,8,10-18,20-25,27-40,49,56H,4,7,9,19,26H2. The van der Waals surface area contributed by atoms with Gasteiger partial charge in [-0.25, -0.2) is 0 Å². The Balaban J connectivity index is 1.13. The maximum Gasteiger partial charge on any atom is 0.0726 e. The van der Waals surface area contributed by atoms with Crippen molar-refractivity contribution >= 4 is 28.1 Å². The summed E-state index contributed by atoms with van der Waals surface area (Å²) in [5.41, 5.74) is 21.4. The molecule has 6 aliphatic rings. The zero-order chi connectivity index (χ0) is 40.8. The Morgan fingerprint density at radius 1 is 0.581 bits per heavy atom. The molecule has 1 spiro atoms. The van der Waals surface area contributed by atoms with Crippen molar-refractivity contribution in [3.63, 3.8) is 0 Å². The van der Waals surface area contributed by atoms with E-state index in [9.17, 15) is 0 Å². The van der Waals surface area contributed by atoms with Crippen LogP contribution < -0.4 is 4.90 Å². The summed E-state index contributed by atoms with van der Waals surface area (Å²) in [5, 5.41) is 2.67. The Hall–Kier alpha value is -6.96. The van der Waals surface area contributed by atoms with Crippen LogP contribution >= 0.6 is 0 Å². The third-order valence-corrected chi connectivity index (χ3v) is 14.9. The van der Waals surface area contributed by atoms with Crippen molar-refractivity contribution in [2.24, 2.45) is 5.92 Å². The van der Waals surface area contributed by atoms with Crippen molar-refractivity contribution in [2.75, 3.05) is 4.90 Å². The molecular formula is C61H47N. The number of nitrogens with zero attached hydrogens (tertiary/aromatic N) is 1. The van der Waals surface area contributed by atoms with Crippen LogP contribution in [0.25, 0.3) is 44.7 Å². The van der Waals surface area contributed by atoms with Gasteiger partial charge >= 0.3 is 0 Å². The zero-order valence-electron chi connectivity index (χ0n) is 34.8. The summed E-state index contributed by atoms with van der Waals surface area (Å²) >= 11 is 0. The Labute approximate surface area is 365 Å². The quantitative estimate of drug-likeness (QED) is 0.168. The average Bonchev–Trinajstić information content (AvgIpc) is 3.82. The molecule has 7 aromatic rings. The summed E-state index contributed by atoms with van der Waals surface area (Å²) in [4.78, 5) is 2.79. The normalized spacial score (nSPS) is 20.6. The summed E-state index contributed by atoms with van der Waals surface area (Å²) in [6.07, 6.45) is 27.6. The lowest BCUT2D eigenvalue weighted by molar-refractivity contribution is 0.604. The molecular weight excluding hydrogens is 747 g/mol. The Morgan fingerprint density at radius 3 is 2.10 bits per heavy atom. The molecule has 1 nitrogen and oxygen atoms in total. The Bertz CT molecular complexity index is 3140. The largest absolute Gasteiger partial charge is 0.332 e. The first kappa shape index (κ1) is 35.8. The van der Waals surface area contributed by atoms with Gasteiger partial charge in [0.05, 0.1) is 11.5 Å². The second kappa shape index (κ2) is 14.0. The molecule has 0 radical (unpaired) electrons. The van der Waals surface area contributed by atoms with Gasteiger partial charge in [-0.2, -0.15) is 0 Å². The molecule has 0 bridgehead atoms. The number of hydrogen-bond donors (Lipinski definition) is 0. The third kappa shape index (κ3) is 5.03. The lowest BCUT2D eigenvalue weighted by Gasteiger charge is -2.43. The van der Waals surface area contributed by atoms with E-state index in [4.69, 9.17) is 0 Å². The molecule has 7 aromatic carbocycles. The van der Waals surface area contributed by atoms with Crippen LogP contribution in [0.1, 0.15) is 76.1 Å². The molecule has 0 amide bonds. The van der Waals surface area contributed by atoms with Crippen LogP contribution in [-0.4, -0.2) is 6.04 Å². The van der Waals surface area contributed by atoms with Gasteiger partial charge in [-0.3, -0.25) is 0 Å². The van der Waals surface area contributed by atoms with Gasteiger partial charge in [0.15, 0.2) is 0 Å². The SMILES string of the molecule is C1=CC(c2cc3ccccc3c3c2CCC=C3)C(N(C2=C(c3ccccc3)C3=CCCCC3C=C2)c2cccc3c2-c2ccccc2C32c3ccccc3-c3ccccc32)C=C1. The van der Waals surface area contributed by atoms with Crippen LogP contribution in [0.4, 0.5) is 5.69 Å². The number of fused-ring (bicyclic) bond motifs is 14. The molecule has 0 N–H and O–H groups in total. The van der Waals surface area contributed by atoms with E-state index < -0.39 is 5.41 Å². The van der Waals surface area contributed by atoms with Crippen molar-refractivity contribution in [1.82, 2.24) is 0 Å². The highest BCUT2D eigenvalue weighted by Gasteiger charge is 2.52. The van der Waals surface area contributed by atoms with E-state index in [2.05, 4.69) is 211 Å². The molecule has 0 saturated carbocycles. The van der Waals surface area contributed by atoms with Gasteiger partial charge in [-0.1, -0.05) is 194 Å². The molecule has 6 aliphatic carbocycles. The highest BCUT2D eigenvalue weighted by atomic mass is 15.2. The first-order valence-corrected chi connectivity index (χ1v) is 22.8. The number of hydrogen-bond acceptors (Lipinski definition) is 1. The number of rotatable bonds is 5. The predicted molar refractivity (Wildman–Crippen MR) is 259 cm³/mol. The van der Waals surface area contributed by atoms with Crippen molar-refractivity contribution in [3.05, 3.63) is 256 Å². The van der Waals surface area contributed by atoms with E-state index in [1.165, 1.54) is 113 Å². The smallest absolute Gasteiger partial charge is 0.0726 e. The van der Waals surface area contributed by atoms with E-state index in [-0.39, 0.29) is 12.0 Å². The van der Waals surface area contributed by atoms with Crippen LogP contribution in [0, 0.1) is 5.92 Å². The summed E-state index contributed by atoms with van der Waals surface area (Å²) in [6.45, 7) is 0. The minimum atomic E-state index is -0.428. The van der Waals surface area contributed by atoms with E-state index in [0.717, 1.165) is 19.3 Å². The highest BCUT2D eigenvalue weighted by molar-refractivity contribution is 6.01. The second-order valence-corrected chi connectivity index (χ2v) is 17.9. The topological polar surface area (TPSA) is 3.24 Å². The first-order chi connectivity index (χ1) is 30.8. The summed E-state index contributed by atoms with van der Waals surface area (Å²) in [7, 11) is 0. The van der Waals surface area contributed by atoms with Crippen molar-refractivity contribution < 1.29 is 0 Å². The lowest BCUT2D eigenvalue weighted by Crippen LogP contribution is -2.40. The van der Waals surface area contributed by atoms with Crippen LogP contribution in [0.2, 0.25) is 0 Å². The zero-order valence-corrected chi connectivity index (χ0v) is 34.8. The molecule has 3 atom stereocenters. The third-order valence-electron chi connectivity index (χ3n) is 14.9. The maximum absolute atomic E-state index is 2.79. The number of anilines is 1. The van der Waals surface area contributed by atoms with Gasteiger partial charge < -0.3 is 4.90 Å². The highest BCUT2D eigenvalue weighted by Crippen LogP contribution is 2.64. The average molecular weight is 794 g/mol. The summed E-state index contributed by atoms with van der Waals surface area (Å²) < 4.78 is 0. The van der Waals surface area contributed by atoms with Crippen molar-refractivity contribution in [1.29, 1.82) is 0 Å². The predicted octanol–water partition coefficient (Wildman–Crippen LogP) is 14.9. The monoisotopic (exact) mass is 793 g/mol. The van der Waals surface area contributed by atoms with E-state index in [0.29, 0.717) is 5.92 Å². The van der Waals surface area contributed by atoms with Gasteiger partial charge in [0.2, 0.25) is 0 Å². The van der Waals surface area contributed by atoms with Crippen LogP contribution in [-0.2, 0) is 11.8 Å². The minimum Gasteiger partial charge on any atom is -0.332 e. The van der Waals surface area contributed by atoms with E-state index in [1.807, 2.05) is 0 Å². The Morgan fingerprint density at radius 2 is 1.27 bits per heavy atom. The fraction of sp³-hybridized carbons (Fsp3) is 0.148. The lowest BCUT2D eigenvalue weighted by atomic mass is 9.70. The molecule has 0 saturated heterocycles. The summed E-state index contributed by atoms with van der Waals surface area (Å²) in [5.74, 6) is 0.522. The van der Waals surface area contributed by atoms with Gasteiger partial charge in [-0.05, 0) is 122 Å². The number of allylic oxidation sites excluding steroid dienone is 8. The van der Waals surface area contributed by atoms with Gasteiger partial charge in [0.1, 0.15) is 0 Å². The molecule has 13 rings (SSSR count). The molecule has 0 aliphatic heterocycles. The maximum atomic E-state index is 2.79. The van der Waals surface area contributed by atoms with Crippen LogP contribution in [0.15, 0.2) is 212 Å². The van der Waals surface area contributed by atoms with Crippen LogP contribution in [0.3, 0.4) is 0 Å². The molecule has 296 valence electrons. The van der Waals surface area contributed by atoms with Gasteiger partial charge in [-0.15, -0.1) is 0 Å². The second-order valence-electron chi connectivity index (χ2n) is 17.9. The molecule has 0 heterocycles. The van der Waals surface area contributed by atoms with Crippen molar-refractivity contribution in [3.8, 4) is 22.3 Å². The molecule has 0 aromatic heterocycles. The van der Waals surface area contributed by atoms with Crippen LogP contribution in [0.5, 0.6) is 0 Å². The van der Waals surface area contributed by atoms with Gasteiger partial charge in [0.25, 0.3) is 0 Å². The fourth-order valence-corrected chi connectivity index (χ4v) is 12.5. The molecule has 0 fully saturated rings. The molecule has 62 heavy (non-hydrogen) atoms. The first-order valence-electron chi connectivity index (χ1n) is 22.8. The molecule has 1 heteroatoms. The summed E-state index contributed by atoms with van der Waals surface area (Å²) in [6, 6.07) is 57.7. The minimum absolute atomic E-state index is 0.00589. The number of benzene rings is 7. The Kier molecular flexibility index (Phi) is 8.10. The van der Waals surface area contributed by atoms with E-state index in [1.54, 1.807) is 0 Å². The van der Waals surface area contributed by atoms with E-state index >= 15 is 0 Å². The van der Waals surface area contributed by atoms with Gasteiger partial charge in [0, 0.05) is 34.4 Å².